The Morgan fingerprint density at radius 3 is 2.71 bits per heavy atom. The van der Waals surface area contributed by atoms with Crippen molar-refractivity contribution in [1.29, 1.82) is 0 Å². The highest BCUT2D eigenvalue weighted by Crippen LogP contribution is 2.67. The summed E-state index contributed by atoms with van der Waals surface area (Å²) in [7, 11) is 0. The lowest BCUT2D eigenvalue weighted by Crippen LogP contribution is -2.51. The smallest absolute Gasteiger partial charge is 0.0738 e. The van der Waals surface area contributed by atoms with Crippen LogP contribution in [-0.2, 0) is 4.84 Å². The molecule has 4 aliphatic carbocycles. The average molecular weight is 471 g/mol. The molecule has 0 radical (unpaired) electrons. The van der Waals surface area contributed by atoms with Crippen molar-refractivity contribution in [3.63, 3.8) is 0 Å². The normalized spacial score (nSPS) is 40.1. The van der Waals surface area contributed by atoms with Gasteiger partial charge < -0.3 is 4.84 Å². The molecule has 0 bridgehead atoms. The Kier molecular flexibility index (Phi) is 8.37. The lowest BCUT2D eigenvalue weighted by atomic mass is 9.47. The number of hydrogen-bond acceptors (Lipinski definition) is 3. The first-order chi connectivity index (χ1) is 16.3. The molecule has 34 heavy (non-hydrogen) atoms. The Labute approximate surface area is 208 Å². The SMILES string of the molecule is CC(C)CCC[C@@H](C)[C@H]1CCC2C3CC=C4C[C@@H](NOCCN=[N+]=[N-])CC[C@]4(C)C3CC[C@@]21C. The molecule has 0 aromatic heterocycles. The van der Waals surface area contributed by atoms with Gasteiger partial charge in [0.2, 0.25) is 0 Å². The Hall–Kier alpha value is -1.03. The summed E-state index contributed by atoms with van der Waals surface area (Å²) in [5.41, 5.74) is 14.3. The summed E-state index contributed by atoms with van der Waals surface area (Å²) in [5.74, 6) is 5.35. The zero-order valence-electron chi connectivity index (χ0n) is 22.6. The topological polar surface area (TPSA) is 70.0 Å². The molecule has 3 unspecified atom stereocenters. The molecule has 0 saturated heterocycles. The molecular weight excluding hydrogens is 420 g/mol. The summed E-state index contributed by atoms with van der Waals surface area (Å²) < 4.78 is 0. The molecule has 8 atom stereocenters. The first-order valence-corrected chi connectivity index (χ1v) is 14.4. The van der Waals surface area contributed by atoms with E-state index in [2.05, 4.69) is 56.2 Å². The molecule has 3 saturated carbocycles. The van der Waals surface area contributed by atoms with Crippen LogP contribution in [0.15, 0.2) is 16.8 Å². The highest BCUT2D eigenvalue weighted by atomic mass is 16.6. The molecule has 0 amide bonds. The van der Waals surface area contributed by atoms with E-state index in [4.69, 9.17) is 10.4 Å². The van der Waals surface area contributed by atoms with Gasteiger partial charge in [0.1, 0.15) is 0 Å². The number of azide groups is 1. The molecule has 5 heteroatoms. The summed E-state index contributed by atoms with van der Waals surface area (Å²) in [5, 5.41) is 3.55. The van der Waals surface area contributed by atoms with Gasteiger partial charge in [0.05, 0.1) is 13.2 Å². The minimum atomic E-state index is 0.383. The van der Waals surface area contributed by atoms with Gasteiger partial charge >= 0.3 is 0 Å². The molecule has 5 nitrogen and oxygen atoms in total. The summed E-state index contributed by atoms with van der Waals surface area (Å²) in [6.07, 6.45) is 17.6. The van der Waals surface area contributed by atoms with E-state index in [9.17, 15) is 0 Å². The van der Waals surface area contributed by atoms with Gasteiger partial charge in [0.25, 0.3) is 0 Å². The second-order valence-corrected chi connectivity index (χ2v) is 13.2. The summed E-state index contributed by atoms with van der Waals surface area (Å²) in [6.45, 7) is 13.4. The van der Waals surface area contributed by atoms with Crippen LogP contribution in [0.3, 0.4) is 0 Å². The Balaban J connectivity index is 1.38. The monoisotopic (exact) mass is 470 g/mol. The number of nitrogens with zero attached hydrogens (tertiary/aromatic N) is 3. The Morgan fingerprint density at radius 1 is 1.12 bits per heavy atom. The van der Waals surface area contributed by atoms with Crippen molar-refractivity contribution < 1.29 is 4.84 Å². The molecular formula is C29H50N4O. The standard InChI is InChI=1S/C29H50N4O/c1-20(2)7-6-8-21(3)25-11-12-26-24-10-9-22-19-23(32-34-18-17-31-33-30)13-15-28(22,4)27(24)14-16-29(25,26)5/h9,20-21,23-27,32H,6-8,10-19H2,1-5H3/t21-,23+,24?,25-,26?,27?,28+,29-/m1/s1. The quantitative estimate of drug-likeness (QED) is 0.0872. The maximum absolute atomic E-state index is 8.41. The molecule has 0 aromatic carbocycles. The second-order valence-electron chi connectivity index (χ2n) is 13.2. The van der Waals surface area contributed by atoms with Crippen LogP contribution in [0.5, 0.6) is 0 Å². The zero-order chi connectivity index (χ0) is 24.3. The highest BCUT2D eigenvalue weighted by molar-refractivity contribution is 5.25. The van der Waals surface area contributed by atoms with Crippen molar-refractivity contribution in [2.75, 3.05) is 13.2 Å². The average Bonchev–Trinajstić information content (AvgIpc) is 3.16. The number of allylic oxidation sites excluding steroid dienone is 1. The minimum absolute atomic E-state index is 0.383. The maximum Gasteiger partial charge on any atom is 0.0738 e. The van der Waals surface area contributed by atoms with Crippen LogP contribution in [0.1, 0.15) is 105 Å². The van der Waals surface area contributed by atoms with Crippen molar-refractivity contribution in [2.24, 2.45) is 51.5 Å². The van der Waals surface area contributed by atoms with Gasteiger partial charge in [0.15, 0.2) is 0 Å². The number of hydroxylamine groups is 1. The molecule has 0 aromatic rings. The first-order valence-electron chi connectivity index (χ1n) is 14.4. The largest absolute Gasteiger partial charge is 0.301 e. The van der Waals surface area contributed by atoms with Crippen LogP contribution >= 0.6 is 0 Å². The third-order valence-electron chi connectivity index (χ3n) is 10.9. The Morgan fingerprint density at radius 2 is 1.94 bits per heavy atom. The van der Waals surface area contributed by atoms with E-state index in [0.29, 0.717) is 30.0 Å². The van der Waals surface area contributed by atoms with Crippen LogP contribution < -0.4 is 5.48 Å². The fourth-order valence-electron chi connectivity index (χ4n) is 9.09. The molecule has 192 valence electrons. The second kappa shape index (κ2) is 10.9. The summed E-state index contributed by atoms with van der Waals surface area (Å²) in [6, 6.07) is 0.387. The van der Waals surface area contributed by atoms with Crippen molar-refractivity contribution >= 4 is 0 Å². The van der Waals surface area contributed by atoms with Crippen LogP contribution in [0, 0.1) is 46.3 Å². The number of rotatable bonds is 10. The van der Waals surface area contributed by atoms with Gasteiger partial charge in [0, 0.05) is 11.0 Å². The lowest BCUT2D eigenvalue weighted by Gasteiger charge is -2.58. The van der Waals surface area contributed by atoms with Gasteiger partial charge in [-0.2, -0.15) is 5.48 Å². The molecule has 0 spiro atoms. The van der Waals surface area contributed by atoms with E-state index in [1.54, 1.807) is 5.57 Å². The van der Waals surface area contributed by atoms with Crippen LogP contribution in [0.2, 0.25) is 0 Å². The van der Waals surface area contributed by atoms with Crippen molar-refractivity contribution in [1.82, 2.24) is 5.48 Å². The predicted molar refractivity (Wildman–Crippen MR) is 140 cm³/mol. The van der Waals surface area contributed by atoms with Crippen LogP contribution in [-0.4, -0.2) is 19.2 Å². The molecule has 0 heterocycles. The van der Waals surface area contributed by atoms with E-state index < -0.39 is 0 Å². The highest BCUT2D eigenvalue weighted by Gasteiger charge is 2.59. The fraction of sp³-hybridized carbons (Fsp3) is 0.931. The van der Waals surface area contributed by atoms with E-state index in [1.807, 2.05) is 0 Å². The maximum atomic E-state index is 8.41. The molecule has 3 fully saturated rings. The van der Waals surface area contributed by atoms with Crippen molar-refractivity contribution in [3.8, 4) is 0 Å². The van der Waals surface area contributed by atoms with Gasteiger partial charge in [-0.3, -0.25) is 0 Å². The first kappa shape index (κ1) is 26.0. The number of hydrogen-bond donors (Lipinski definition) is 1. The van der Waals surface area contributed by atoms with E-state index in [1.165, 1.54) is 64.2 Å². The fourth-order valence-corrected chi connectivity index (χ4v) is 9.09. The van der Waals surface area contributed by atoms with E-state index >= 15 is 0 Å². The molecule has 1 N–H and O–H groups in total. The Bertz CT molecular complexity index is 774. The van der Waals surface area contributed by atoms with Gasteiger partial charge in [-0.25, -0.2) is 0 Å². The lowest BCUT2D eigenvalue weighted by molar-refractivity contribution is -0.0579. The summed E-state index contributed by atoms with van der Waals surface area (Å²) in [4.78, 5) is 8.39. The zero-order valence-corrected chi connectivity index (χ0v) is 22.6. The van der Waals surface area contributed by atoms with Crippen LogP contribution in [0.4, 0.5) is 0 Å². The predicted octanol–water partition coefficient (Wildman–Crippen LogP) is 8.23. The van der Waals surface area contributed by atoms with E-state index in [-0.39, 0.29) is 0 Å². The third-order valence-corrected chi connectivity index (χ3v) is 10.9. The number of fused-ring (bicyclic) bond motifs is 5. The van der Waals surface area contributed by atoms with Gasteiger partial charge in [-0.1, -0.05) is 70.6 Å². The summed E-state index contributed by atoms with van der Waals surface area (Å²) >= 11 is 0. The third kappa shape index (κ3) is 5.08. The van der Waals surface area contributed by atoms with E-state index in [0.717, 1.165) is 41.9 Å². The van der Waals surface area contributed by atoms with Gasteiger partial charge in [-0.05, 0) is 103 Å². The van der Waals surface area contributed by atoms with Crippen molar-refractivity contribution in [2.45, 2.75) is 111 Å². The van der Waals surface area contributed by atoms with Crippen molar-refractivity contribution in [3.05, 3.63) is 22.1 Å². The molecule has 4 rings (SSSR count). The van der Waals surface area contributed by atoms with Gasteiger partial charge in [-0.15, -0.1) is 0 Å². The number of nitrogens with one attached hydrogen (secondary N) is 1. The molecule has 0 aliphatic heterocycles. The van der Waals surface area contributed by atoms with Crippen LogP contribution in [0.25, 0.3) is 10.4 Å². The minimum Gasteiger partial charge on any atom is -0.301 e. The molecule has 4 aliphatic rings.